The molecule has 1 unspecified atom stereocenters. The highest BCUT2D eigenvalue weighted by Gasteiger charge is 2.42. The molecule has 28 heavy (non-hydrogen) atoms. The number of ether oxygens (including phenoxy) is 1. The van der Waals surface area contributed by atoms with E-state index in [0.717, 1.165) is 0 Å². The monoisotopic (exact) mass is 398 g/mol. The number of hydrogen-bond acceptors (Lipinski definition) is 6. The van der Waals surface area contributed by atoms with Gasteiger partial charge in [0.05, 0.1) is 11.7 Å². The minimum Gasteiger partial charge on any atom is -0.445 e. The highest BCUT2D eigenvalue weighted by Crippen LogP contribution is 2.35. The van der Waals surface area contributed by atoms with Crippen molar-refractivity contribution in [1.82, 2.24) is 9.88 Å². The van der Waals surface area contributed by atoms with Gasteiger partial charge in [0.1, 0.15) is 12.7 Å². The largest absolute Gasteiger partial charge is 0.445 e. The van der Waals surface area contributed by atoms with Gasteiger partial charge in [0.15, 0.2) is 0 Å². The number of benzene rings is 1. The first-order chi connectivity index (χ1) is 13.6. The predicted molar refractivity (Wildman–Crippen MR) is 108 cm³/mol. The van der Waals surface area contributed by atoms with Gasteiger partial charge in [-0.25, -0.2) is 4.79 Å². The lowest BCUT2D eigenvalue weighted by molar-refractivity contribution is 0.0532. The number of rotatable bonds is 6. The van der Waals surface area contributed by atoms with Gasteiger partial charge in [0, 0.05) is 23.6 Å². The Bertz CT molecular complexity index is 816. The Hall–Kier alpha value is -2.64. The van der Waals surface area contributed by atoms with Crippen molar-refractivity contribution in [2.45, 2.75) is 23.8 Å². The third kappa shape index (κ3) is 4.79. The first-order valence-electron chi connectivity index (χ1n) is 8.99. The van der Waals surface area contributed by atoms with Crippen LogP contribution in [0.3, 0.4) is 0 Å². The number of likely N-dealkylation sites (tertiary alicyclic amines) is 1. The minimum absolute atomic E-state index is 0.0574. The number of nitrogens with zero attached hydrogens (tertiary/aromatic N) is 2. The van der Waals surface area contributed by atoms with Crippen LogP contribution in [0.15, 0.2) is 67.4 Å². The molecule has 7 heteroatoms. The van der Waals surface area contributed by atoms with Crippen LogP contribution < -0.4 is 0 Å². The van der Waals surface area contributed by atoms with E-state index in [1.54, 1.807) is 36.5 Å². The van der Waals surface area contributed by atoms with Gasteiger partial charge in [-0.2, -0.15) is 0 Å². The minimum atomic E-state index is -0.963. The molecular weight excluding hydrogens is 376 g/mol. The average Bonchev–Trinajstić information content (AvgIpc) is 3.16. The maximum absolute atomic E-state index is 12.5. The second-order valence-electron chi connectivity index (χ2n) is 6.41. The van der Waals surface area contributed by atoms with E-state index in [1.807, 2.05) is 18.2 Å². The van der Waals surface area contributed by atoms with E-state index in [4.69, 9.17) is 4.74 Å². The summed E-state index contributed by atoms with van der Waals surface area (Å²) in [5.74, 6) is 0. The summed E-state index contributed by atoms with van der Waals surface area (Å²) in [6, 6.07) is 13.8. The molecule has 1 amide bonds. The summed E-state index contributed by atoms with van der Waals surface area (Å²) in [4.78, 5) is 30.7. The zero-order valence-electron chi connectivity index (χ0n) is 15.3. The summed E-state index contributed by atoms with van der Waals surface area (Å²) in [5.41, 5.74) is 1.09. The molecule has 3 atom stereocenters. The van der Waals surface area contributed by atoms with Gasteiger partial charge in [0.25, 0.3) is 0 Å². The summed E-state index contributed by atoms with van der Waals surface area (Å²) in [6.07, 6.45) is 2.05. The van der Waals surface area contributed by atoms with Crippen LogP contribution in [0.25, 0.3) is 0 Å². The number of carbonyl (C=O) groups excluding carboxylic acids is 2. The maximum atomic E-state index is 12.5. The molecular formula is C21H22N2O4S. The van der Waals surface area contributed by atoms with E-state index in [2.05, 4.69) is 11.6 Å². The Morgan fingerprint density at radius 2 is 2.04 bits per heavy atom. The quantitative estimate of drug-likeness (QED) is 0.751. The van der Waals surface area contributed by atoms with Crippen LogP contribution in [0.1, 0.15) is 28.6 Å². The number of pyridine rings is 1. The molecule has 1 saturated heterocycles. The Labute approximate surface area is 168 Å². The second-order valence-corrected chi connectivity index (χ2v) is 7.69. The molecule has 1 N–H and O–H groups in total. The topological polar surface area (TPSA) is 79.7 Å². The number of aromatic nitrogens is 1. The molecule has 0 bridgehead atoms. The molecule has 1 aliphatic heterocycles. The summed E-state index contributed by atoms with van der Waals surface area (Å²) < 4.78 is 5.17. The standard InChI is InChI=1S/C21H22N2O4S/c1-2-12-27-21(26)23-14-16(28-20(25)15-8-4-3-5-9-15)13-18(23)19(24)17-10-6-7-11-22-17/h2-11,16,18-19,24H,1,12-14H2/t16-,18-,19?/m0/s1. The molecule has 1 aromatic heterocycles. The van der Waals surface area contributed by atoms with E-state index >= 15 is 0 Å². The Morgan fingerprint density at radius 3 is 2.71 bits per heavy atom. The van der Waals surface area contributed by atoms with Crippen molar-refractivity contribution in [3.8, 4) is 0 Å². The van der Waals surface area contributed by atoms with Gasteiger partial charge in [-0.05, 0) is 18.6 Å². The zero-order valence-corrected chi connectivity index (χ0v) is 16.1. The van der Waals surface area contributed by atoms with Crippen molar-refractivity contribution in [1.29, 1.82) is 0 Å². The first kappa shape index (κ1) is 20.1. The SMILES string of the molecule is C=CCOC(=O)N1C[C@@H](SC(=O)c2ccccc2)C[C@H]1C(O)c1ccccn1. The van der Waals surface area contributed by atoms with Crippen molar-refractivity contribution in [2.24, 2.45) is 0 Å². The lowest BCUT2D eigenvalue weighted by atomic mass is 10.0. The number of aliphatic hydroxyl groups excluding tert-OH is 1. The number of hydrogen-bond donors (Lipinski definition) is 1. The van der Waals surface area contributed by atoms with Crippen molar-refractivity contribution < 1.29 is 19.4 Å². The highest BCUT2D eigenvalue weighted by atomic mass is 32.2. The van der Waals surface area contributed by atoms with Crippen LogP contribution in [0, 0.1) is 0 Å². The smallest absolute Gasteiger partial charge is 0.410 e. The van der Waals surface area contributed by atoms with Gasteiger partial charge in [0.2, 0.25) is 5.12 Å². The average molecular weight is 398 g/mol. The molecule has 1 aliphatic rings. The highest BCUT2D eigenvalue weighted by molar-refractivity contribution is 8.14. The van der Waals surface area contributed by atoms with Crippen LogP contribution in [-0.4, -0.2) is 50.6 Å². The number of aliphatic hydroxyl groups is 1. The van der Waals surface area contributed by atoms with Gasteiger partial charge in [-0.1, -0.05) is 60.8 Å². The van der Waals surface area contributed by atoms with E-state index < -0.39 is 18.2 Å². The fraction of sp³-hybridized carbons (Fsp3) is 0.286. The molecule has 2 heterocycles. The second kappa shape index (κ2) is 9.52. The fourth-order valence-electron chi connectivity index (χ4n) is 3.18. The van der Waals surface area contributed by atoms with Gasteiger partial charge < -0.3 is 14.7 Å². The molecule has 2 aromatic rings. The van der Waals surface area contributed by atoms with Crippen LogP contribution in [-0.2, 0) is 4.74 Å². The van der Waals surface area contributed by atoms with E-state index in [-0.39, 0.29) is 17.0 Å². The van der Waals surface area contributed by atoms with Crippen LogP contribution >= 0.6 is 11.8 Å². The number of carbonyl (C=O) groups is 2. The summed E-state index contributed by atoms with van der Waals surface area (Å²) in [5, 5.41) is 10.6. The Balaban J connectivity index is 1.75. The van der Waals surface area contributed by atoms with Crippen molar-refractivity contribution >= 4 is 23.0 Å². The summed E-state index contributed by atoms with van der Waals surface area (Å²) in [7, 11) is 0. The molecule has 0 spiro atoms. The van der Waals surface area contributed by atoms with Crippen molar-refractivity contribution in [3.63, 3.8) is 0 Å². The Kier molecular flexibility index (Phi) is 6.84. The number of amides is 1. The molecule has 0 radical (unpaired) electrons. The van der Waals surface area contributed by atoms with Crippen LogP contribution in [0.2, 0.25) is 0 Å². The molecule has 0 saturated carbocycles. The van der Waals surface area contributed by atoms with E-state index in [1.165, 1.54) is 22.7 Å². The Morgan fingerprint density at radius 1 is 1.29 bits per heavy atom. The zero-order chi connectivity index (χ0) is 19.9. The third-order valence-corrected chi connectivity index (χ3v) is 5.63. The molecule has 1 aromatic carbocycles. The molecule has 0 aliphatic carbocycles. The van der Waals surface area contributed by atoms with Crippen LogP contribution in [0.5, 0.6) is 0 Å². The predicted octanol–water partition coefficient (Wildman–Crippen LogP) is 3.45. The molecule has 146 valence electrons. The normalized spacial score (nSPS) is 19.8. The number of thioether (sulfide) groups is 1. The van der Waals surface area contributed by atoms with Crippen molar-refractivity contribution in [2.75, 3.05) is 13.2 Å². The summed E-state index contributed by atoms with van der Waals surface area (Å²) in [6.45, 7) is 3.94. The van der Waals surface area contributed by atoms with Gasteiger partial charge >= 0.3 is 6.09 Å². The fourth-order valence-corrected chi connectivity index (χ4v) is 4.28. The maximum Gasteiger partial charge on any atom is 0.410 e. The lowest BCUT2D eigenvalue weighted by Crippen LogP contribution is -2.40. The van der Waals surface area contributed by atoms with Gasteiger partial charge in [-0.15, -0.1) is 0 Å². The molecule has 1 fully saturated rings. The first-order valence-corrected chi connectivity index (χ1v) is 9.87. The van der Waals surface area contributed by atoms with Gasteiger partial charge in [-0.3, -0.25) is 9.78 Å². The van der Waals surface area contributed by atoms with E-state index in [9.17, 15) is 14.7 Å². The van der Waals surface area contributed by atoms with Crippen molar-refractivity contribution in [3.05, 3.63) is 78.6 Å². The van der Waals surface area contributed by atoms with Crippen LogP contribution in [0.4, 0.5) is 4.79 Å². The molecule has 3 rings (SSSR count). The third-order valence-electron chi connectivity index (χ3n) is 4.50. The lowest BCUT2D eigenvalue weighted by Gasteiger charge is -2.27. The summed E-state index contributed by atoms with van der Waals surface area (Å²) >= 11 is 1.18. The van der Waals surface area contributed by atoms with E-state index in [0.29, 0.717) is 24.2 Å². The molecule has 6 nitrogen and oxygen atoms in total.